The monoisotopic (exact) mass is 255 g/mol. The predicted octanol–water partition coefficient (Wildman–Crippen LogP) is 0.968. The van der Waals surface area contributed by atoms with Crippen LogP contribution in [0, 0.1) is 5.82 Å². The topological polar surface area (TPSA) is 75.6 Å². The number of aryl methyl sites for hydroxylation is 1. The minimum Gasteiger partial charge on any atom is -0.494 e. The Kier molecular flexibility index (Phi) is 5.10. The van der Waals surface area contributed by atoms with Gasteiger partial charge >= 0.3 is 5.97 Å². The van der Waals surface area contributed by atoms with Crippen LogP contribution in [-0.2, 0) is 16.0 Å². The third-order valence-electron chi connectivity index (χ3n) is 2.32. The van der Waals surface area contributed by atoms with E-state index in [4.69, 9.17) is 9.84 Å². The number of amides is 1. The molecule has 0 unspecified atom stereocenters. The van der Waals surface area contributed by atoms with Gasteiger partial charge in [-0.3, -0.25) is 9.59 Å². The van der Waals surface area contributed by atoms with Gasteiger partial charge in [0.25, 0.3) is 0 Å². The highest BCUT2D eigenvalue weighted by Gasteiger charge is 2.10. The van der Waals surface area contributed by atoms with Gasteiger partial charge in [-0.2, -0.15) is 0 Å². The number of carbonyl (C=O) groups is 2. The number of carboxylic acids is 1. The van der Waals surface area contributed by atoms with E-state index in [2.05, 4.69) is 5.32 Å². The first-order valence-corrected chi connectivity index (χ1v) is 5.34. The second-order valence-electron chi connectivity index (χ2n) is 3.60. The third kappa shape index (κ3) is 4.04. The molecule has 0 fully saturated rings. The molecule has 1 rings (SSSR count). The van der Waals surface area contributed by atoms with Gasteiger partial charge in [-0.15, -0.1) is 0 Å². The molecule has 0 atom stereocenters. The summed E-state index contributed by atoms with van der Waals surface area (Å²) in [6.07, 6.45) is 0.214. The Morgan fingerprint density at radius 1 is 1.44 bits per heavy atom. The molecule has 5 nitrogen and oxygen atoms in total. The summed E-state index contributed by atoms with van der Waals surface area (Å²) in [5.41, 5.74) is 0.361. The van der Waals surface area contributed by atoms with E-state index in [1.165, 1.54) is 13.2 Å². The Morgan fingerprint density at radius 2 is 2.17 bits per heavy atom. The molecule has 0 aromatic heterocycles. The van der Waals surface area contributed by atoms with Crippen LogP contribution in [0.15, 0.2) is 18.2 Å². The van der Waals surface area contributed by atoms with E-state index in [-0.39, 0.29) is 18.6 Å². The molecule has 98 valence electrons. The lowest BCUT2D eigenvalue weighted by Gasteiger charge is -2.07. The predicted molar refractivity (Wildman–Crippen MR) is 61.9 cm³/mol. The maximum Gasteiger partial charge on any atom is 0.322 e. The van der Waals surface area contributed by atoms with E-state index >= 15 is 0 Å². The molecule has 0 heterocycles. The van der Waals surface area contributed by atoms with E-state index in [9.17, 15) is 14.0 Å². The molecule has 0 spiro atoms. The molecule has 1 aromatic carbocycles. The number of carbonyl (C=O) groups excluding carboxylic acids is 1. The van der Waals surface area contributed by atoms with Gasteiger partial charge in [-0.25, -0.2) is 4.39 Å². The summed E-state index contributed by atoms with van der Waals surface area (Å²) in [4.78, 5) is 21.5. The Bertz CT molecular complexity index is 448. The normalized spacial score (nSPS) is 9.89. The highest BCUT2D eigenvalue weighted by atomic mass is 19.1. The number of aliphatic carboxylic acids is 1. The van der Waals surface area contributed by atoms with Gasteiger partial charge in [0, 0.05) is 6.42 Å². The minimum absolute atomic E-state index is 0.0252. The van der Waals surface area contributed by atoms with Gasteiger partial charge in [0.15, 0.2) is 11.6 Å². The van der Waals surface area contributed by atoms with Crippen LogP contribution >= 0.6 is 0 Å². The molecular weight excluding hydrogens is 241 g/mol. The van der Waals surface area contributed by atoms with Crippen molar-refractivity contribution in [3.63, 3.8) is 0 Å². The van der Waals surface area contributed by atoms with E-state index < -0.39 is 24.2 Å². The number of benzene rings is 1. The van der Waals surface area contributed by atoms with Crippen molar-refractivity contribution in [2.75, 3.05) is 13.7 Å². The maximum atomic E-state index is 13.7. The van der Waals surface area contributed by atoms with Gasteiger partial charge in [-0.1, -0.05) is 12.1 Å². The average Bonchev–Trinajstić information content (AvgIpc) is 2.35. The fraction of sp³-hybridized carbons (Fsp3) is 0.333. The Balaban J connectivity index is 2.53. The number of halogens is 1. The van der Waals surface area contributed by atoms with Gasteiger partial charge in [0.1, 0.15) is 6.54 Å². The Labute approximate surface area is 104 Å². The van der Waals surface area contributed by atoms with E-state index in [0.29, 0.717) is 5.56 Å². The summed E-state index contributed by atoms with van der Waals surface area (Å²) in [6, 6.07) is 4.68. The second kappa shape index (κ2) is 6.58. The van der Waals surface area contributed by atoms with Crippen LogP contribution in [0.25, 0.3) is 0 Å². The number of rotatable bonds is 6. The van der Waals surface area contributed by atoms with Crippen LogP contribution in [0.3, 0.4) is 0 Å². The highest BCUT2D eigenvalue weighted by Crippen LogP contribution is 2.20. The van der Waals surface area contributed by atoms with Gasteiger partial charge in [0.2, 0.25) is 5.91 Å². The fourth-order valence-corrected chi connectivity index (χ4v) is 1.42. The highest BCUT2D eigenvalue weighted by molar-refractivity contribution is 5.81. The van der Waals surface area contributed by atoms with Crippen molar-refractivity contribution in [3.05, 3.63) is 29.6 Å². The summed E-state index contributed by atoms with van der Waals surface area (Å²) in [5.74, 6) is -1.92. The standard InChI is InChI=1S/C12H14FNO4/c1-18-9-4-2-3-8(12(9)13)5-6-10(15)14-7-11(16)17/h2-4H,5-7H2,1H3,(H,14,15)(H,16,17). The molecule has 0 bridgehead atoms. The summed E-state index contributed by atoms with van der Waals surface area (Å²) < 4.78 is 18.5. The number of carboxylic acid groups (broad SMARTS) is 1. The minimum atomic E-state index is -1.11. The zero-order valence-corrected chi connectivity index (χ0v) is 9.90. The number of hydrogen-bond acceptors (Lipinski definition) is 3. The van der Waals surface area contributed by atoms with E-state index in [0.717, 1.165) is 0 Å². The largest absolute Gasteiger partial charge is 0.494 e. The first-order valence-electron chi connectivity index (χ1n) is 5.34. The lowest BCUT2D eigenvalue weighted by molar-refractivity contribution is -0.137. The number of methoxy groups -OCH3 is 1. The Hall–Kier alpha value is -2.11. The van der Waals surface area contributed by atoms with E-state index in [1.54, 1.807) is 12.1 Å². The summed E-state index contributed by atoms with van der Waals surface area (Å²) in [5, 5.41) is 10.6. The fourth-order valence-electron chi connectivity index (χ4n) is 1.42. The summed E-state index contributed by atoms with van der Waals surface area (Å²) in [6.45, 7) is -0.431. The van der Waals surface area contributed by atoms with Crippen LogP contribution in [0.5, 0.6) is 5.75 Å². The quantitative estimate of drug-likeness (QED) is 0.794. The van der Waals surface area contributed by atoms with Gasteiger partial charge in [0.05, 0.1) is 7.11 Å². The van der Waals surface area contributed by atoms with Crippen molar-refractivity contribution < 1.29 is 23.8 Å². The molecule has 0 aliphatic heterocycles. The Morgan fingerprint density at radius 3 is 2.78 bits per heavy atom. The zero-order valence-electron chi connectivity index (χ0n) is 9.90. The van der Waals surface area contributed by atoms with Gasteiger partial charge in [-0.05, 0) is 18.1 Å². The van der Waals surface area contributed by atoms with Crippen LogP contribution in [-0.4, -0.2) is 30.6 Å². The van der Waals surface area contributed by atoms with Crippen LogP contribution in [0.1, 0.15) is 12.0 Å². The van der Waals surface area contributed by atoms with E-state index in [1.807, 2.05) is 0 Å². The van der Waals surface area contributed by atoms with Crippen molar-refractivity contribution in [2.24, 2.45) is 0 Å². The zero-order chi connectivity index (χ0) is 13.5. The average molecular weight is 255 g/mol. The summed E-state index contributed by atoms with van der Waals surface area (Å²) in [7, 11) is 1.36. The molecule has 0 aliphatic rings. The lowest BCUT2D eigenvalue weighted by Crippen LogP contribution is -2.29. The SMILES string of the molecule is COc1cccc(CCC(=O)NCC(=O)O)c1F. The molecule has 0 saturated heterocycles. The molecule has 2 N–H and O–H groups in total. The lowest BCUT2D eigenvalue weighted by atomic mass is 10.1. The number of ether oxygens (including phenoxy) is 1. The van der Waals surface area contributed by atoms with Crippen LogP contribution in [0.4, 0.5) is 4.39 Å². The smallest absolute Gasteiger partial charge is 0.322 e. The van der Waals surface area contributed by atoms with Crippen LogP contribution in [0.2, 0.25) is 0 Å². The van der Waals surface area contributed by atoms with Crippen molar-refractivity contribution in [2.45, 2.75) is 12.8 Å². The molecular formula is C12H14FNO4. The summed E-state index contributed by atoms with van der Waals surface area (Å²) >= 11 is 0. The number of nitrogens with one attached hydrogen (secondary N) is 1. The van der Waals surface area contributed by atoms with Crippen LogP contribution < -0.4 is 10.1 Å². The molecule has 0 aliphatic carbocycles. The third-order valence-corrected chi connectivity index (χ3v) is 2.32. The van der Waals surface area contributed by atoms with Crippen molar-refractivity contribution in [3.8, 4) is 5.75 Å². The molecule has 1 aromatic rings. The first kappa shape index (κ1) is 14.0. The molecule has 0 radical (unpaired) electrons. The van der Waals surface area contributed by atoms with Gasteiger partial charge < -0.3 is 15.2 Å². The molecule has 1 amide bonds. The van der Waals surface area contributed by atoms with Crippen molar-refractivity contribution in [1.82, 2.24) is 5.32 Å². The molecule has 6 heteroatoms. The molecule has 0 saturated carbocycles. The first-order chi connectivity index (χ1) is 8.54. The molecule has 18 heavy (non-hydrogen) atoms. The van der Waals surface area contributed by atoms with Crippen molar-refractivity contribution in [1.29, 1.82) is 0 Å². The second-order valence-corrected chi connectivity index (χ2v) is 3.60. The van der Waals surface area contributed by atoms with Crippen molar-refractivity contribution >= 4 is 11.9 Å². The maximum absolute atomic E-state index is 13.7. The number of hydrogen-bond donors (Lipinski definition) is 2.